The van der Waals surface area contributed by atoms with Crippen LogP contribution in [-0.4, -0.2) is 26.2 Å². The summed E-state index contributed by atoms with van der Waals surface area (Å²) in [7, 11) is 0. The maximum atomic E-state index is 11.6. The Morgan fingerprint density at radius 2 is 2.25 bits per heavy atom. The summed E-state index contributed by atoms with van der Waals surface area (Å²) in [5.74, 6) is -0.0645. The zero-order valence-electron chi connectivity index (χ0n) is 8.14. The van der Waals surface area contributed by atoms with Crippen LogP contribution in [0.2, 0.25) is 5.15 Å². The van der Waals surface area contributed by atoms with Crippen molar-refractivity contribution in [2.45, 2.75) is 6.92 Å². The largest absolute Gasteiger partial charge is 0.328 e. The second kappa shape index (κ2) is 4.23. The molecule has 0 saturated heterocycles. The van der Waals surface area contributed by atoms with Gasteiger partial charge in [0.1, 0.15) is 0 Å². The number of carbonyl (C=O) groups excluding carboxylic acids is 1. The van der Waals surface area contributed by atoms with Gasteiger partial charge < -0.3 is 4.52 Å². The molecule has 0 aliphatic heterocycles. The second-order valence-corrected chi connectivity index (χ2v) is 3.23. The molecule has 2 aromatic rings. The summed E-state index contributed by atoms with van der Waals surface area (Å²) in [6.45, 7) is 1.64. The molecular weight excluding hydrogens is 234 g/mol. The van der Waals surface area contributed by atoms with Gasteiger partial charge in [-0.15, -0.1) is 10.2 Å². The van der Waals surface area contributed by atoms with Gasteiger partial charge in [0.05, 0.1) is 0 Å². The molecule has 0 aliphatic carbocycles. The molecule has 0 atom stereocenters. The minimum Gasteiger partial charge on any atom is -0.315 e. The number of aryl methyl sites for hydroxylation is 1. The van der Waals surface area contributed by atoms with Crippen LogP contribution < -0.4 is 5.32 Å². The molecule has 2 heterocycles. The lowest BCUT2D eigenvalue weighted by atomic mass is 10.4. The predicted octanol–water partition coefficient (Wildman–Crippen LogP) is 1.07. The number of nitrogens with one attached hydrogen (secondary N) is 1. The van der Waals surface area contributed by atoms with Gasteiger partial charge in [-0.2, -0.15) is 4.98 Å². The van der Waals surface area contributed by atoms with E-state index >= 15 is 0 Å². The van der Waals surface area contributed by atoms with Gasteiger partial charge in [-0.1, -0.05) is 16.8 Å². The van der Waals surface area contributed by atoms with Gasteiger partial charge in [0, 0.05) is 0 Å². The summed E-state index contributed by atoms with van der Waals surface area (Å²) in [4.78, 5) is 15.4. The summed E-state index contributed by atoms with van der Waals surface area (Å²) < 4.78 is 4.71. The highest BCUT2D eigenvalue weighted by Crippen LogP contribution is 2.06. The first-order chi connectivity index (χ1) is 7.65. The fraction of sp³-hybridized carbons (Fsp3) is 0.125. The van der Waals surface area contributed by atoms with Crippen molar-refractivity contribution in [3.63, 3.8) is 0 Å². The van der Waals surface area contributed by atoms with Crippen LogP contribution in [0.3, 0.4) is 0 Å². The number of amides is 1. The number of aromatic nitrogens is 4. The number of carbonyl (C=O) groups is 1. The Morgan fingerprint density at radius 3 is 2.81 bits per heavy atom. The summed E-state index contributed by atoms with van der Waals surface area (Å²) in [6.07, 6.45) is 0. The average molecular weight is 240 g/mol. The van der Waals surface area contributed by atoms with E-state index in [-0.39, 0.29) is 16.9 Å². The Morgan fingerprint density at radius 1 is 1.44 bits per heavy atom. The molecule has 0 spiro atoms. The molecule has 0 bridgehead atoms. The summed E-state index contributed by atoms with van der Waals surface area (Å²) in [5.41, 5.74) is 0.111. The molecular formula is C8H6ClN5O2. The second-order valence-electron chi connectivity index (χ2n) is 2.84. The van der Waals surface area contributed by atoms with Gasteiger partial charge in [-0.3, -0.25) is 10.1 Å². The van der Waals surface area contributed by atoms with Gasteiger partial charge in [-0.25, -0.2) is 0 Å². The standard InChI is InChI=1S/C8H6ClN5O2/c1-4-10-8(16-14-4)11-7(15)5-2-3-6(9)13-12-5/h2-3H,1H3,(H,10,11,14,15). The molecule has 1 N–H and O–H groups in total. The van der Waals surface area contributed by atoms with Crippen LogP contribution >= 0.6 is 11.6 Å². The molecule has 0 aliphatic rings. The minimum absolute atomic E-state index is 0.0132. The highest BCUT2D eigenvalue weighted by atomic mass is 35.5. The third-order valence-electron chi connectivity index (χ3n) is 1.61. The molecule has 2 rings (SSSR count). The number of hydrogen-bond donors (Lipinski definition) is 1. The van der Waals surface area contributed by atoms with Gasteiger partial charge in [-0.05, 0) is 19.1 Å². The normalized spacial score (nSPS) is 10.1. The smallest absolute Gasteiger partial charge is 0.315 e. The number of nitrogens with zero attached hydrogens (tertiary/aromatic N) is 4. The van der Waals surface area contributed by atoms with Crippen molar-refractivity contribution < 1.29 is 9.32 Å². The molecule has 16 heavy (non-hydrogen) atoms. The van der Waals surface area contributed by atoms with Crippen LogP contribution in [0, 0.1) is 6.92 Å². The highest BCUT2D eigenvalue weighted by molar-refractivity contribution is 6.29. The molecule has 0 radical (unpaired) electrons. The molecule has 1 amide bonds. The third-order valence-corrected chi connectivity index (χ3v) is 1.81. The van der Waals surface area contributed by atoms with Crippen molar-refractivity contribution in [2.75, 3.05) is 5.32 Å². The van der Waals surface area contributed by atoms with E-state index in [9.17, 15) is 4.79 Å². The van der Waals surface area contributed by atoms with E-state index in [0.29, 0.717) is 5.82 Å². The van der Waals surface area contributed by atoms with Crippen molar-refractivity contribution in [3.8, 4) is 0 Å². The monoisotopic (exact) mass is 239 g/mol. The van der Waals surface area contributed by atoms with Crippen LogP contribution in [0.15, 0.2) is 16.7 Å². The quantitative estimate of drug-likeness (QED) is 0.843. The lowest BCUT2D eigenvalue weighted by Gasteiger charge is -1.97. The van der Waals surface area contributed by atoms with Crippen LogP contribution in [-0.2, 0) is 0 Å². The van der Waals surface area contributed by atoms with Gasteiger partial charge in [0.15, 0.2) is 16.7 Å². The fourth-order valence-electron chi connectivity index (χ4n) is 0.946. The van der Waals surface area contributed by atoms with Crippen molar-refractivity contribution >= 4 is 23.5 Å². The molecule has 0 aromatic carbocycles. The molecule has 82 valence electrons. The van der Waals surface area contributed by atoms with Crippen LogP contribution in [0.1, 0.15) is 16.3 Å². The summed E-state index contributed by atoms with van der Waals surface area (Å²) in [5, 5.41) is 13.2. The van der Waals surface area contributed by atoms with E-state index in [1.165, 1.54) is 12.1 Å². The van der Waals surface area contributed by atoms with E-state index < -0.39 is 5.91 Å². The number of hydrogen-bond acceptors (Lipinski definition) is 6. The molecule has 8 heteroatoms. The summed E-state index contributed by atoms with van der Waals surface area (Å²) in [6, 6.07) is 2.91. The maximum Gasteiger partial charge on any atom is 0.328 e. The van der Waals surface area contributed by atoms with E-state index in [1.807, 2.05) is 0 Å². The first-order valence-electron chi connectivity index (χ1n) is 4.26. The molecule has 0 unspecified atom stereocenters. The van der Waals surface area contributed by atoms with Crippen LogP contribution in [0.5, 0.6) is 0 Å². The van der Waals surface area contributed by atoms with Crippen LogP contribution in [0.25, 0.3) is 0 Å². The minimum atomic E-state index is -0.493. The van der Waals surface area contributed by atoms with E-state index in [1.54, 1.807) is 6.92 Å². The molecule has 0 fully saturated rings. The number of halogens is 1. The zero-order chi connectivity index (χ0) is 11.5. The molecule has 2 aromatic heterocycles. The van der Waals surface area contributed by atoms with Gasteiger partial charge in [0.25, 0.3) is 5.91 Å². The Bertz CT molecular complexity index is 509. The van der Waals surface area contributed by atoms with Gasteiger partial charge >= 0.3 is 6.01 Å². The van der Waals surface area contributed by atoms with Crippen molar-refractivity contribution in [3.05, 3.63) is 28.8 Å². The van der Waals surface area contributed by atoms with Crippen LogP contribution in [0.4, 0.5) is 6.01 Å². The van der Waals surface area contributed by atoms with Gasteiger partial charge in [0.2, 0.25) is 0 Å². The lowest BCUT2D eigenvalue weighted by Crippen LogP contribution is -2.14. The predicted molar refractivity (Wildman–Crippen MR) is 54.0 cm³/mol. The van der Waals surface area contributed by atoms with Crippen molar-refractivity contribution in [1.82, 2.24) is 20.3 Å². The average Bonchev–Trinajstić information content (AvgIpc) is 2.65. The first-order valence-corrected chi connectivity index (χ1v) is 4.64. The van der Waals surface area contributed by atoms with E-state index in [4.69, 9.17) is 16.1 Å². The third kappa shape index (κ3) is 2.31. The maximum absolute atomic E-state index is 11.6. The number of anilines is 1. The topological polar surface area (TPSA) is 93.8 Å². The van der Waals surface area contributed by atoms with Crippen molar-refractivity contribution in [1.29, 1.82) is 0 Å². The molecule has 7 nitrogen and oxygen atoms in total. The van der Waals surface area contributed by atoms with Crippen molar-refractivity contribution in [2.24, 2.45) is 0 Å². The Hall–Kier alpha value is -2.02. The van der Waals surface area contributed by atoms with E-state index in [0.717, 1.165) is 0 Å². The lowest BCUT2D eigenvalue weighted by molar-refractivity contribution is 0.101. The fourth-order valence-corrected chi connectivity index (χ4v) is 1.05. The van der Waals surface area contributed by atoms with E-state index in [2.05, 4.69) is 25.7 Å². The Labute approximate surface area is 94.8 Å². The Balaban J connectivity index is 2.11. The first kappa shape index (κ1) is 10.5. The zero-order valence-corrected chi connectivity index (χ0v) is 8.89. The highest BCUT2D eigenvalue weighted by Gasteiger charge is 2.11. The Kier molecular flexibility index (Phi) is 2.78. The summed E-state index contributed by atoms with van der Waals surface area (Å²) >= 11 is 5.53. The SMILES string of the molecule is Cc1noc(NC(=O)c2ccc(Cl)nn2)n1. The number of rotatable bonds is 2. The molecule has 0 saturated carbocycles.